The Kier molecular flexibility index (Phi) is 8.59. The number of anilines is 1. The number of benzene rings is 2. The van der Waals surface area contributed by atoms with Gasteiger partial charge in [-0.1, -0.05) is 23.7 Å². The molecule has 0 saturated carbocycles. The molecular formula is C22H29ClN2O5S. The van der Waals surface area contributed by atoms with Crippen LogP contribution in [0, 0.1) is 6.92 Å². The highest BCUT2D eigenvalue weighted by Gasteiger charge is 2.21. The summed E-state index contributed by atoms with van der Waals surface area (Å²) in [5.41, 5.74) is 2.12. The lowest BCUT2D eigenvalue weighted by atomic mass is 10.1. The Bertz CT molecular complexity index is 1030. The molecule has 0 bridgehead atoms. The molecule has 2 rings (SSSR count). The van der Waals surface area contributed by atoms with Crippen molar-refractivity contribution in [2.45, 2.75) is 26.3 Å². The van der Waals surface area contributed by atoms with E-state index in [-0.39, 0.29) is 18.9 Å². The van der Waals surface area contributed by atoms with E-state index in [2.05, 4.69) is 0 Å². The molecule has 0 spiro atoms. The molecule has 1 amide bonds. The van der Waals surface area contributed by atoms with E-state index in [1.807, 2.05) is 12.1 Å². The fourth-order valence-electron chi connectivity index (χ4n) is 3.24. The number of nitrogens with zero attached hydrogens (tertiary/aromatic N) is 2. The maximum Gasteiger partial charge on any atom is 0.232 e. The van der Waals surface area contributed by atoms with Gasteiger partial charge in [-0.25, -0.2) is 8.42 Å². The van der Waals surface area contributed by atoms with Crippen LogP contribution in [0.15, 0.2) is 36.4 Å². The summed E-state index contributed by atoms with van der Waals surface area (Å²) in [6, 6.07) is 10.6. The summed E-state index contributed by atoms with van der Waals surface area (Å²) >= 11 is 6.15. The summed E-state index contributed by atoms with van der Waals surface area (Å²) < 4.78 is 36.5. The fraction of sp³-hybridized carbons (Fsp3) is 0.409. The summed E-state index contributed by atoms with van der Waals surface area (Å²) in [6.45, 7) is 2.37. The maximum atomic E-state index is 12.6. The molecule has 0 aliphatic carbocycles. The second kappa shape index (κ2) is 10.7. The monoisotopic (exact) mass is 468 g/mol. The van der Waals surface area contributed by atoms with Gasteiger partial charge in [0.05, 0.1) is 26.2 Å². The van der Waals surface area contributed by atoms with Crippen molar-refractivity contribution in [3.63, 3.8) is 0 Å². The predicted octanol–water partition coefficient (Wildman–Crippen LogP) is 3.87. The van der Waals surface area contributed by atoms with Gasteiger partial charge in [-0.2, -0.15) is 0 Å². The first-order valence-corrected chi connectivity index (χ1v) is 12.0. The van der Waals surface area contributed by atoms with Gasteiger partial charge in [-0.15, -0.1) is 0 Å². The summed E-state index contributed by atoms with van der Waals surface area (Å²) in [4.78, 5) is 14.2. The number of ether oxygens (including phenoxy) is 2. The summed E-state index contributed by atoms with van der Waals surface area (Å²) in [6.07, 6.45) is 1.75. The molecule has 0 aliphatic rings. The summed E-state index contributed by atoms with van der Waals surface area (Å²) in [5, 5.41) is 0.497. The number of amides is 1. The maximum absolute atomic E-state index is 12.6. The smallest absolute Gasteiger partial charge is 0.232 e. The minimum absolute atomic E-state index is 0.0777. The number of carbonyl (C=O) groups excluding carboxylic acids is 1. The first-order chi connectivity index (χ1) is 14.6. The van der Waals surface area contributed by atoms with E-state index in [1.165, 1.54) is 4.31 Å². The number of hydrogen-bond donors (Lipinski definition) is 0. The lowest BCUT2D eigenvalue weighted by Gasteiger charge is -2.25. The van der Waals surface area contributed by atoms with Crippen molar-refractivity contribution in [1.82, 2.24) is 4.90 Å². The lowest BCUT2D eigenvalue weighted by Crippen LogP contribution is -2.33. The Labute approximate surface area is 189 Å². The summed E-state index contributed by atoms with van der Waals surface area (Å²) in [7, 11) is 1.33. The second-order valence-electron chi connectivity index (χ2n) is 7.26. The van der Waals surface area contributed by atoms with Crippen molar-refractivity contribution in [1.29, 1.82) is 0 Å². The third-order valence-corrected chi connectivity index (χ3v) is 6.54. The minimum Gasteiger partial charge on any atom is -0.493 e. The van der Waals surface area contributed by atoms with Crippen LogP contribution in [-0.2, 0) is 21.4 Å². The van der Waals surface area contributed by atoms with Gasteiger partial charge in [0.25, 0.3) is 0 Å². The van der Waals surface area contributed by atoms with Crippen molar-refractivity contribution in [3.05, 3.63) is 52.5 Å². The van der Waals surface area contributed by atoms with Crippen molar-refractivity contribution in [3.8, 4) is 11.5 Å². The van der Waals surface area contributed by atoms with E-state index in [0.717, 1.165) is 11.8 Å². The van der Waals surface area contributed by atoms with Crippen LogP contribution in [-0.4, -0.2) is 53.3 Å². The van der Waals surface area contributed by atoms with Gasteiger partial charge in [0.1, 0.15) is 0 Å². The predicted molar refractivity (Wildman–Crippen MR) is 124 cm³/mol. The Balaban J connectivity index is 2.01. The normalized spacial score (nSPS) is 11.2. The molecule has 2 aromatic rings. The van der Waals surface area contributed by atoms with Crippen molar-refractivity contribution >= 4 is 33.2 Å². The van der Waals surface area contributed by atoms with Crippen LogP contribution < -0.4 is 13.8 Å². The average molecular weight is 469 g/mol. The first-order valence-electron chi connectivity index (χ1n) is 9.76. The number of sulfonamides is 1. The molecule has 0 N–H and O–H groups in total. The first kappa shape index (κ1) is 24.8. The molecule has 2 aromatic carbocycles. The Morgan fingerprint density at radius 1 is 1.10 bits per heavy atom. The van der Waals surface area contributed by atoms with Crippen LogP contribution in [0.5, 0.6) is 11.5 Å². The molecule has 0 atom stereocenters. The van der Waals surface area contributed by atoms with Gasteiger partial charge in [-0.3, -0.25) is 9.10 Å². The van der Waals surface area contributed by atoms with Gasteiger partial charge in [0.15, 0.2) is 11.5 Å². The third kappa shape index (κ3) is 6.51. The number of rotatable bonds is 10. The van der Waals surface area contributed by atoms with Crippen molar-refractivity contribution < 1.29 is 22.7 Å². The Morgan fingerprint density at radius 3 is 2.39 bits per heavy atom. The number of carbonyl (C=O) groups is 1. The minimum atomic E-state index is -3.51. The van der Waals surface area contributed by atoms with E-state index in [9.17, 15) is 13.2 Å². The molecule has 0 fully saturated rings. The number of hydrogen-bond acceptors (Lipinski definition) is 5. The molecule has 0 aromatic heterocycles. The Morgan fingerprint density at radius 2 is 1.77 bits per heavy atom. The van der Waals surface area contributed by atoms with Crippen LogP contribution in [0.2, 0.25) is 5.02 Å². The van der Waals surface area contributed by atoms with E-state index < -0.39 is 10.0 Å². The summed E-state index contributed by atoms with van der Waals surface area (Å²) in [5.74, 6) is 1.14. The highest BCUT2D eigenvalue weighted by atomic mass is 35.5. The molecule has 0 aliphatic heterocycles. The molecule has 0 radical (unpaired) electrons. The molecule has 9 heteroatoms. The molecule has 0 saturated heterocycles. The zero-order valence-electron chi connectivity index (χ0n) is 18.5. The zero-order chi connectivity index (χ0) is 23.2. The SMILES string of the molecule is COc1ccc(CN(C)C(=O)CCCN(c2cccc(Cl)c2C)S(C)(=O)=O)cc1OC. The molecule has 31 heavy (non-hydrogen) atoms. The Hall–Kier alpha value is -2.45. The molecule has 0 unspecified atom stereocenters. The van der Waals surface area contributed by atoms with Crippen LogP contribution in [0.4, 0.5) is 5.69 Å². The quantitative estimate of drug-likeness (QED) is 0.529. The lowest BCUT2D eigenvalue weighted by molar-refractivity contribution is -0.130. The molecular weight excluding hydrogens is 440 g/mol. The van der Waals surface area contributed by atoms with Gasteiger partial charge in [-0.05, 0) is 48.7 Å². The van der Waals surface area contributed by atoms with Crippen molar-refractivity contribution in [2.24, 2.45) is 0 Å². The van der Waals surface area contributed by atoms with Crippen molar-refractivity contribution in [2.75, 3.05) is 38.4 Å². The van der Waals surface area contributed by atoms with Gasteiger partial charge < -0.3 is 14.4 Å². The van der Waals surface area contributed by atoms with Gasteiger partial charge >= 0.3 is 0 Å². The fourth-order valence-corrected chi connectivity index (χ4v) is 4.42. The zero-order valence-corrected chi connectivity index (χ0v) is 20.1. The van der Waals surface area contributed by atoms with E-state index in [1.54, 1.807) is 57.4 Å². The molecule has 0 heterocycles. The van der Waals surface area contributed by atoms with Crippen LogP contribution >= 0.6 is 11.6 Å². The molecule has 170 valence electrons. The largest absolute Gasteiger partial charge is 0.493 e. The van der Waals surface area contributed by atoms with E-state index in [4.69, 9.17) is 21.1 Å². The number of halogens is 1. The third-order valence-electron chi connectivity index (χ3n) is 4.95. The second-order valence-corrected chi connectivity index (χ2v) is 9.58. The standard InChI is InChI=1S/C22H29ClN2O5S/c1-16-18(23)8-6-9-19(16)25(31(5,27)28)13-7-10-22(26)24(2)15-17-11-12-20(29-3)21(14-17)30-4/h6,8-9,11-12,14H,7,10,13,15H2,1-5H3. The van der Waals surface area contributed by atoms with Crippen LogP contribution in [0.3, 0.4) is 0 Å². The highest BCUT2D eigenvalue weighted by Crippen LogP contribution is 2.29. The topological polar surface area (TPSA) is 76.2 Å². The van der Waals surface area contributed by atoms with E-state index >= 15 is 0 Å². The van der Waals surface area contributed by atoms with Gasteiger partial charge in [0, 0.05) is 31.6 Å². The van der Waals surface area contributed by atoms with Crippen LogP contribution in [0.1, 0.15) is 24.0 Å². The highest BCUT2D eigenvalue weighted by molar-refractivity contribution is 7.92. The average Bonchev–Trinajstić information content (AvgIpc) is 2.72. The number of methoxy groups -OCH3 is 2. The van der Waals surface area contributed by atoms with E-state index in [0.29, 0.717) is 40.7 Å². The van der Waals surface area contributed by atoms with Crippen LogP contribution in [0.25, 0.3) is 0 Å². The van der Waals surface area contributed by atoms with Gasteiger partial charge in [0.2, 0.25) is 15.9 Å². The molecule has 7 nitrogen and oxygen atoms in total.